The van der Waals surface area contributed by atoms with E-state index in [2.05, 4.69) is 4.90 Å². The van der Waals surface area contributed by atoms with Gasteiger partial charge in [0.1, 0.15) is 11.5 Å². The van der Waals surface area contributed by atoms with Gasteiger partial charge in [-0.15, -0.1) is 0 Å². The summed E-state index contributed by atoms with van der Waals surface area (Å²) in [6.07, 6.45) is 5.38. The van der Waals surface area contributed by atoms with Gasteiger partial charge in [-0.2, -0.15) is 0 Å². The molecule has 1 heterocycles. The molecule has 1 saturated heterocycles. The van der Waals surface area contributed by atoms with E-state index >= 15 is 0 Å². The number of rotatable bonds is 6. The smallest absolute Gasteiger partial charge is 0.260 e. The molecule has 2 fully saturated rings. The van der Waals surface area contributed by atoms with Gasteiger partial charge in [0.15, 0.2) is 6.61 Å². The van der Waals surface area contributed by atoms with Gasteiger partial charge < -0.3 is 14.4 Å². The second kappa shape index (κ2) is 8.38. The quantitative estimate of drug-likeness (QED) is 0.803. The molecular formula is C19H28N2O3. The number of carbonyl (C=O) groups excluding carboxylic acids is 1. The highest BCUT2D eigenvalue weighted by Gasteiger charge is 2.27. The van der Waals surface area contributed by atoms with Crippen molar-refractivity contribution >= 4 is 5.91 Å². The highest BCUT2D eigenvalue weighted by molar-refractivity contribution is 5.77. The summed E-state index contributed by atoms with van der Waals surface area (Å²) in [5, 5.41) is 0. The molecule has 1 aromatic rings. The Bertz CT molecular complexity index is 518. The SMILES string of the molecule is CCOc1ccc(OCC(=O)N2CCN(C3CCCC3)CC2)cc1. The van der Waals surface area contributed by atoms with Crippen molar-refractivity contribution in [2.75, 3.05) is 39.4 Å². The molecule has 1 aliphatic heterocycles. The average Bonchev–Trinajstić information content (AvgIpc) is 3.16. The lowest BCUT2D eigenvalue weighted by atomic mass is 10.2. The van der Waals surface area contributed by atoms with E-state index in [0.29, 0.717) is 12.4 Å². The fourth-order valence-corrected chi connectivity index (χ4v) is 3.64. The number of ether oxygens (including phenoxy) is 2. The summed E-state index contributed by atoms with van der Waals surface area (Å²) in [5.74, 6) is 1.60. The van der Waals surface area contributed by atoms with Crippen LogP contribution in [-0.4, -0.2) is 61.1 Å². The monoisotopic (exact) mass is 332 g/mol. The molecule has 3 rings (SSSR count). The summed E-state index contributed by atoms with van der Waals surface area (Å²) < 4.78 is 11.0. The van der Waals surface area contributed by atoms with Crippen LogP contribution in [0.25, 0.3) is 0 Å². The lowest BCUT2D eigenvalue weighted by Gasteiger charge is -2.38. The number of nitrogens with zero attached hydrogens (tertiary/aromatic N) is 2. The van der Waals surface area contributed by atoms with E-state index in [0.717, 1.165) is 38.0 Å². The molecule has 0 unspecified atom stereocenters. The Labute approximate surface area is 144 Å². The molecule has 1 aliphatic carbocycles. The van der Waals surface area contributed by atoms with Gasteiger partial charge in [-0.3, -0.25) is 9.69 Å². The minimum Gasteiger partial charge on any atom is -0.494 e. The molecule has 0 radical (unpaired) electrons. The van der Waals surface area contributed by atoms with Crippen molar-refractivity contribution in [1.29, 1.82) is 0 Å². The van der Waals surface area contributed by atoms with Crippen LogP contribution in [0.5, 0.6) is 11.5 Å². The van der Waals surface area contributed by atoms with Crippen LogP contribution < -0.4 is 9.47 Å². The van der Waals surface area contributed by atoms with Crippen LogP contribution in [-0.2, 0) is 4.79 Å². The zero-order valence-electron chi connectivity index (χ0n) is 14.6. The summed E-state index contributed by atoms with van der Waals surface area (Å²) in [6, 6.07) is 8.17. The van der Waals surface area contributed by atoms with Gasteiger partial charge >= 0.3 is 0 Å². The van der Waals surface area contributed by atoms with Gasteiger partial charge in [-0.1, -0.05) is 12.8 Å². The molecule has 0 atom stereocenters. The first-order valence-electron chi connectivity index (χ1n) is 9.13. The number of benzene rings is 1. The van der Waals surface area contributed by atoms with Crippen molar-refractivity contribution in [1.82, 2.24) is 9.80 Å². The summed E-state index contributed by atoms with van der Waals surface area (Å²) in [6.45, 7) is 6.35. The summed E-state index contributed by atoms with van der Waals surface area (Å²) in [5.41, 5.74) is 0. The number of amides is 1. The zero-order chi connectivity index (χ0) is 16.8. The Kier molecular flexibility index (Phi) is 5.96. The third-order valence-electron chi connectivity index (χ3n) is 5.01. The fourth-order valence-electron chi connectivity index (χ4n) is 3.64. The molecule has 0 spiro atoms. The van der Waals surface area contributed by atoms with Crippen molar-refractivity contribution in [3.63, 3.8) is 0 Å². The highest BCUT2D eigenvalue weighted by atomic mass is 16.5. The second-order valence-corrected chi connectivity index (χ2v) is 6.55. The standard InChI is InChI=1S/C19H28N2O3/c1-2-23-17-7-9-18(10-8-17)24-15-19(22)21-13-11-20(12-14-21)16-5-3-4-6-16/h7-10,16H,2-6,11-15H2,1H3. The topological polar surface area (TPSA) is 42.0 Å². The minimum absolute atomic E-state index is 0.0787. The third-order valence-corrected chi connectivity index (χ3v) is 5.01. The Morgan fingerprint density at radius 2 is 1.58 bits per heavy atom. The summed E-state index contributed by atoms with van der Waals surface area (Å²) in [7, 11) is 0. The van der Waals surface area contributed by atoms with E-state index in [1.54, 1.807) is 0 Å². The first kappa shape index (κ1) is 17.1. The fraction of sp³-hybridized carbons (Fsp3) is 0.632. The lowest BCUT2D eigenvalue weighted by Crippen LogP contribution is -2.52. The van der Waals surface area contributed by atoms with E-state index in [-0.39, 0.29) is 12.5 Å². The van der Waals surface area contributed by atoms with Crippen molar-refractivity contribution in [2.24, 2.45) is 0 Å². The Morgan fingerprint density at radius 3 is 2.17 bits per heavy atom. The zero-order valence-corrected chi connectivity index (χ0v) is 14.6. The number of piperazine rings is 1. The normalized spacial score (nSPS) is 19.5. The van der Waals surface area contributed by atoms with E-state index in [4.69, 9.17) is 9.47 Å². The van der Waals surface area contributed by atoms with Crippen LogP contribution in [0.3, 0.4) is 0 Å². The van der Waals surface area contributed by atoms with Crippen molar-refractivity contribution in [2.45, 2.75) is 38.6 Å². The van der Waals surface area contributed by atoms with Crippen LogP contribution >= 0.6 is 0 Å². The maximum atomic E-state index is 12.3. The number of hydrogen-bond donors (Lipinski definition) is 0. The first-order valence-corrected chi connectivity index (χ1v) is 9.13. The first-order chi connectivity index (χ1) is 11.8. The van der Waals surface area contributed by atoms with Crippen LogP contribution in [0.2, 0.25) is 0 Å². The van der Waals surface area contributed by atoms with Gasteiger partial charge in [-0.05, 0) is 44.0 Å². The summed E-state index contributed by atoms with van der Waals surface area (Å²) in [4.78, 5) is 16.8. The molecule has 1 aromatic carbocycles. The Hall–Kier alpha value is -1.75. The van der Waals surface area contributed by atoms with Gasteiger partial charge in [0.2, 0.25) is 0 Å². The van der Waals surface area contributed by atoms with Gasteiger partial charge in [0.05, 0.1) is 6.61 Å². The molecule has 5 heteroatoms. The molecule has 0 aromatic heterocycles. The second-order valence-electron chi connectivity index (χ2n) is 6.55. The maximum Gasteiger partial charge on any atom is 0.260 e. The van der Waals surface area contributed by atoms with Crippen LogP contribution in [0.15, 0.2) is 24.3 Å². The van der Waals surface area contributed by atoms with Crippen LogP contribution in [0.1, 0.15) is 32.6 Å². The van der Waals surface area contributed by atoms with Crippen molar-refractivity contribution in [3.8, 4) is 11.5 Å². The minimum atomic E-state index is 0.0787. The lowest BCUT2D eigenvalue weighted by molar-refractivity contribution is -0.135. The van der Waals surface area contributed by atoms with E-state index in [9.17, 15) is 4.79 Å². The Balaban J connectivity index is 1.40. The third kappa shape index (κ3) is 4.41. The van der Waals surface area contributed by atoms with E-state index in [1.807, 2.05) is 36.1 Å². The maximum absolute atomic E-state index is 12.3. The van der Waals surface area contributed by atoms with Gasteiger partial charge in [0.25, 0.3) is 5.91 Å². The number of carbonyl (C=O) groups is 1. The molecule has 1 saturated carbocycles. The number of hydrogen-bond acceptors (Lipinski definition) is 4. The van der Waals surface area contributed by atoms with Gasteiger partial charge in [-0.25, -0.2) is 0 Å². The molecular weight excluding hydrogens is 304 g/mol. The molecule has 1 amide bonds. The predicted octanol–water partition coefficient (Wildman–Crippen LogP) is 2.55. The summed E-state index contributed by atoms with van der Waals surface area (Å²) >= 11 is 0. The van der Waals surface area contributed by atoms with E-state index < -0.39 is 0 Å². The molecule has 132 valence electrons. The van der Waals surface area contributed by atoms with Gasteiger partial charge in [0, 0.05) is 32.2 Å². The largest absolute Gasteiger partial charge is 0.494 e. The predicted molar refractivity (Wildman–Crippen MR) is 93.5 cm³/mol. The Morgan fingerprint density at radius 1 is 1.00 bits per heavy atom. The average molecular weight is 332 g/mol. The van der Waals surface area contributed by atoms with Crippen LogP contribution in [0, 0.1) is 0 Å². The molecule has 0 bridgehead atoms. The molecule has 0 N–H and O–H groups in total. The van der Waals surface area contributed by atoms with Crippen molar-refractivity contribution in [3.05, 3.63) is 24.3 Å². The molecule has 24 heavy (non-hydrogen) atoms. The highest BCUT2D eigenvalue weighted by Crippen LogP contribution is 2.24. The van der Waals surface area contributed by atoms with Crippen molar-refractivity contribution < 1.29 is 14.3 Å². The van der Waals surface area contributed by atoms with E-state index in [1.165, 1.54) is 25.7 Å². The molecule has 5 nitrogen and oxygen atoms in total. The molecule has 2 aliphatic rings. The van der Waals surface area contributed by atoms with Crippen LogP contribution in [0.4, 0.5) is 0 Å².